The van der Waals surface area contributed by atoms with Gasteiger partial charge in [-0.15, -0.1) is 0 Å². The SMILES string of the molecule is CCCCCCCCCCCCCCCC[Si](C)(O[Si](C)(C)C)O[Si](C)(C)O[Si](C)(C)C. The van der Waals surface area contributed by atoms with Gasteiger partial charge in [0.1, 0.15) is 0 Å². The van der Waals surface area contributed by atoms with Crippen molar-refractivity contribution in [2.24, 2.45) is 0 Å². The number of hydrogen-bond donors (Lipinski definition) is 0. The highest BCUT2D eigenvalue weighted by molar-refractivity contribution is 6.89. The van der Waals surface area contributed by atoms with Crippen LogP contribution in [0.2, 0.25) is 65.0 Å². The molecule has 0 rings (SSSR count). The second kappa shape index (κ2) is 16.4. The number of unbranched alkanes of at least 4 members (excludes halogenated alkanes) is 13. The molecule has 1 unspecified atom stereocenters. The summed E-state index contributed by atoms with van der Waals surface area (Å²) in [6, 6.07) is 1.11. The summed E-state index contributed by atoms with van der Waals surface area (Å²) >= 11 is 0. The Morgan fingerprint density at radius 2 is 0.750 bits per heavy atom. The van der Waals surface area contributed by atoms with Crippen LogP contribution in [0.15, 0.2) is 0 Å². The minimum absolute atomic E-state index is 1.11. The lowest BCUT2D eigenvalue weighted by molar-refractivity contribution is 0.322. The van der Waals surface area contributed by atoms with Gasteiger partial charge in [0.15, 0.2) is 16.6 Å². The molecule has 0 aromatic heterocycles. The third-order valence-corrected chi connectivity index (χ3v) is 19.1. The Labute approximate surface area is 207 Å². The molecule has 7 heteroatoms. The first-order valence-electron chi connectivity index (χ1n) is 13.8. The second-order valence-corrected chi connectivity index (χ2v) is 28.9. The van der Waals surface area contributed by atoms with E-state index >= 15 is 0 Å². The highest BCUT2D eigenvalue weighted by Crippen LogP contribution is 2.28. The maximum Gasteiger partial charge on any atom is 0.315 e. The number of hydrogen-bond acceptors (Lipinski definition) is 3. The van der Waals surface area contributed by atoms with E-state index in [9.17, 15) is 0 Å². The summed E-state index contributed by atoms with van der Waals surface area (Å²) in [5, 5.41) is 0. The zero-order valence-corrected chi connectivity index (χ0v) is 27.8. The van der Waals surface area contributed by atoms with Crippen molar-refractivity contribution in [3.63, 3.8) is 0 Å². The molecule has 0 heterocycles. The standard InChI is InChI=1S/C25H60O3Si4/c1-11-12-13-14-15-16-17-18-19-20-21-22-23-24-25-32(10,27-30(5,6)7)28-31(8,9)26-29(2,3)4/h11-25H2,1-10H3. The van der Waals surface area contributed by atoms with Crippen LogP contribution < -0.4 is 0 Å². The summed E-state index contributed by atoms with van der Waals surface area (Å²) in [6.07, 6.45) is 19.6. The van der Waals surface area contributed by atoms with Crippen molar-refractivity contribution in [2.75, 3.05) is 0 Å². The van der Waals surface area contributed by atoms with Crippen molar-refractivity contribution in [3.05, 3.63) is 0 Å². The summed E-state index contributed by atoms with van der Waals surface area (Å²) in [5.41, 5.74) is 0. The zero-order chi connectivity index (χ0) is 24.7. The second-order valence-electron chi connectivity index (χ2n) is 12.4. The van der Waals surface area contributed by atoms with Crippen molar-refractivity contribution in [1.82, 2.24) is 0 Å². The molecular formula is C25H60O3Si4. The summed E-state index contributed by atoms with van der Waals surface area (Å²) in [5.74, 6) is 0. The molecule has 0 amide bonds. The first-order chi connectivity index (χ1) is 14.7. The van der Waals surface area contributed by atoms with Crippen molar-refractivity contribution >= 4 is 33.8 Å². The average molecular weight is 521 g/mol. The Morgan fingerprint density at radius 3 is 1.09 bits per heavy atom. The monoisotopic (exact) mass is 520 g/mol. The van der Waals surface area contributed by atoms with E-state index < -0.39 is 33.8 Å². The molecule has 0 spiro atoms. The first-order valence-corrected chi connectivity index (χ1v) is 25.9. The van der Waals surface area contributed by atoms with E-state index in [-0.39, 0.29) is 0 Å². The largest absolute Gasteiger partial charge is 0.437 e. The molecule has 0 saturated heterocycles. The third-order valence-electron chi connectivity index (χ3n) is 5.52. The van der Waals surface area contributed by atoms with Crippen molar-refractivity contribution in [3.8, 4) is 0 Å². The fraction of sp³-hybridized carbons (Fsp3) is 1.00. The first kappa shape index (κ1) is 32.7. The topological polar surface area (TPSA) is 27.7 Å². The lowest BCUT2D eigenvalue weighted by Gasteiger charge is -2.41. The molecule has 0 N–H and O–H groups in total. The Hall–Kier alpha value is 0.748. The Balaban J connectivity index is 4.13. The lowest BCUT2D eigenvalue weighted by atomic mass is 10.0. The van der Waals surface area contributed by atoms with Crippen LogP contribution in [0.5, 0.6) is 0 Å². The number of rotatable bonds is 21. The Morgan fingerprint density at radius 1 is 0.406 bits per heavy atom. The average Bonchev–Trinajstić information content (AvgIpc) is 2.57. The van der Waals surface area contributed by atoms with Gasteiger partial charge in [0.25, 0.3) is 0 Å². The molecule has 32 heavy (non-hydrogen) atoms. The molecule has 0 saturated carbocycles. The summed E-state index contributed by atoms with van der Waals surface area (Å²) < 4.78 is 20.0. The summed E-state index contributed by atoms with van der Waals surface area (Å²) in [6.45, 7) is 22.7. The fourth-order valence-corrected chi connectivity index (χ4v) is 22.7. The van der Waals surface area contributed by atoms with Crippen molar-refractivity contribution in [2.45, 2.75) is 162 Å². The molecule has 0 fully saturated rings. The minimum Gasteiger partial charge on any atom is -0.437 e. The van der Waals surface area contributed by atoms with E-state index in [2.05, 4.69) is 65.8 Å². The van der Waals surface area contributed by atoms with Gasteiger partial charge < -0.3 is 12.3 Å². The van der Waals surface area contributed by atoms with Crippen LogP contribution in [-0.4, -0.2) is 33.8 Å². The van der Waals surface area contributed by atoms with Gasteiger partial charge in [-0.1, -0.05) is 96.8 Å². The van der Waals surface area contributed by atoms with Crippen molar-refractivity contribution in [1.29, 1.82) is 0 Å². The van der Waals surface area contributed by atoms with Crippen LogP contribution in [0, 0.1) is 0 Å². The predicted octanol–water partition coefficient (Wildman–Crippen LogP) is 9.96. The molecule has 3 nitrogen and oxygen atoms in total. The van der Waals surface area contributed by atoms with Gasteiger partial charge in [-0.25, -0.2) is 0 Å². The lowest BCUT2D eigenvalue weighted by Crippen LogP contribution is -2.56. The van der Waals surface area contributed by atoms with E-state index in [1.807, 2.05) is 0 Å². The molecule has 194 valence electrons. The van der Waals surface area contributed by atoms with Crippen LogP contribution in [0.3, 0.4) is 0 Å². The van der Waals surface area contributed by atoms with Gasteiger partial charge in [-0.05, 0) is 65.0 Å². The van der Waals surface area contributed by atoms with E-state index in [4.69, 9.17) is 12.3 Å². The maximum atomic E-state index is 6.79. The van der Waals surface area contributed by atoms with Gasteiger partial charge in [-0.3, -0.25) is 0 Å². The highest BCUT2D eigenvalue weighted by Gasteiger charge is 2.44. The zero-order valence-electron chi connectivity index (χ0n) is 23.8. The van der Waals surface area contributed by atoms with E-state index in [1.165, 1.54) is 89.9 Å². The van der Waals surface area contributed by atoms with Crippen LogP contribution in [0.25, 0.3) is 0 Å². The van der Waals surface area contributed by atoms with Crippen LogP contribution in [-0.2, 0) is 12.3 Å². The van der Waals surface area contributed by atoms with E-state index in [1.54, 1.807) is 0 Å². The van der Waals surface area contributed by atoms with Crippen molar-refractivity contribution < 1.29 is 12.3 Å². The quantitative estimate of drug-likeness (QED) is 0.111. The smallest absolute Gasteiger partial charge is 0.315 e. The van der Waals surface area contributed by atoms with Gasteiger partial charge >= 0.3 is 17.1 Å². The van der Waals surface area contributed by atoms with Gasteiger partial charge in [0, 0.05) is 0 Å². The van der Waals surface area contributed by atoms with Crippen LogP contribution >= 0.6 is 0 Å². The van der Waals surface area contributed by atoms with E-state index in [0.29, 0.717) is 0 Å². The fourth-order valence-electron chi connectivity index (χ4n) is 4.69. The Kier molecular flexibility index (Phi) is 16.8. The van der Waals surface area contributed by atoms with Gasteiger partial charge in [0.2, 0.25) is 0 Å². The summed E-state index contributed by atoms with van der Waals surface area (Å²) in [4.78, 5) is 0. The molecule has 1 atom stereocenters. The molecule has 0 bridgehead atoms. The summed E-state index contributed by atoms with van der Waals surface area (Å²) in [7, 11) is -7.62. The minimum atomic E-state index is -2.20. The molecule has 0 aliphatic carbocycles. The normalized spacial score (nSPS) is 15.2. The molecule has 0 radical (unpaired) electrons. The maximum absolute atomic E-state index is 6.79. The van der Waals surface area contributed by atoms with E-state index in [0.717, 1.165) is 6.04 Å². The van der Waals surface area contributed by atoms with Crippen LogP contribution in [0.1, 0.15) is 96.8 Å². The van der Waals surface area contributed by atoms with Gasteiger partial charge in [0.05, 0.1) is 0 Å². The predicted molar refractivity (Wildman–Crippen MR) is 154 cm³/mol. The molecule has 0 aromatic rings. The molecule has 0 aromatic carbocycles. The highest BCUT2D eigenvalue weighted by atomic mass is 28.5. The molecule has 0 aliphatic heterocycles. The molecule has 0 aliphatic rings. The third kappa shape index (κ3) is 21.3. The van der Waals surface area contributed by atoms with Crippen LogP contribution in [0.4, 0.5) is 0 Å². The van der Waals surface area contributed by atoms with Gasteiger partial charge in [-0.2, -0.15) is 0 Å². The Bertz CT molecular complexity index is 461. The molecular weight excluding hydrogens is 461 g/mol.